The van der Waals surface area contributed by atoms with Gasteiger partial charge in [0.2, 0.25) is 11.8 Å². The highest BCUT2D eigenvalue weighted by atomic mass is 127. The summed E-state index contributed by atoms with van der Waals surface area (Å²) in [4.78, 5) is 31.8. The minimum atomic E-state index is -0.0703. The molecule has 2 heterocycles. The predicted molar refractivity (Wildman–Crippen MR) is 130 cm³/mol. The van der Waals surface area contributed by atoms with E-state index >= 15 is 0 Å². The summed E-state index contributed by atoms with van der Waals surface area (Å²) in [6.07, 6.45) is 3.68. The lowest BCUT2D eigenvalue weighted by molar-refractivity contribution is -0.147. The van der Waals surface area contributed by atoms with Gasteiger partial charge in [-0.1, -0.05) is 23.7 Å². The first-order valence-electron chi connectivity index (χ1n) is 10.3. The monoisotopic (exact) mass is 547 g/mol. The maximum absolute atomic E-state index is 11.9. The molecule has 0 unspecified atom stereocenters. The Morgan fingerprint density at radius 2 is 1.77 bits per heavy atom. The number of halogens is 2. The number of carbonyl (C=O) groups excluding carboxylic acids is 2. The molecular formula is C21H31ClIN5O2. The summed E-state index contributed by atoms with van der Waals surface area (Å²) >= 11 is 5.96. The van der Waals surface area contributed by atoms with Gasteiger partial charge in [-0.3, -0.25) is 24.4 Å². The number of aliphatic imine (C=N–C) groups is 1. The van der Waals surface area contributed by atoms with Gasteiger partial charge in [0.1, 0.15) is 0 Å². The molecule has 0 aliphatic carbocycles. The maximum Gasteiger partial charge on any atom is 0.229 e. The zero-order valence-electron chi connectivity index (χ0n) is 17.4. The Morgan fingerprint density at radius 3 is 2.37 bits per heavy atom. The lowest BCUT2D eigenvalue weighted by atomic mass is 10.0. The van der Waals surface area contributed by atoms with E-state index in [1.807, 2.05) is 12.1 Å². The number of imide groups is 1. The second kappa shape index (κ2) is 12.5. The summed E-state index contributed by atoms with van der Waals surface area (Å²) in [5.74, 6) is 0.580. The molecular weight excluding hydrogens is 517 g/mol. The summed E-state index contributed by atoms with van der Waals surface area (Å²) in [6.45, 7) is 3.88. The molecule has 0 spiro atoms. The van der Waals surface area contributed by atoms with Crippen molar-refractivity contribution in [2.24, 2.45) is 4.99 Å². The Labute approximate surface area is 200 Å². The minimum absolute atomic E-state index is 0. The maximum atomic E-state index is 11.9. The molecule has 9 heteroatoms. The van der Waals surface area contributed by atoms with Gasteiger partial charge in [0.15, 0.2) is 5.96 Å². The van der Waals surface area contributed by atoms with Crippen molar-refractivity contribution in [3.63, 3.8) is 0 Å². The highest BCUT2D eigenvalue weighted by Crippen LogP contribution is 2.16. The van der Waals surface area contributed by atoms with E-state index in [4.69, 9.17) is 11.6 Å². The van der Waals surface area contributed by atoms with Crippen molar-refractivity contribution < 1.29 is 9.59 Å². The van der Waals surface area contributed by atoms with Crippen LogP contribution in [0.25, 0.3) is 0 Å². The van der Waals surface area contributed by atoms with Gasteiger partial charge in [-0.25, -0.2) is 0 Å². The smallest absolute Gasteiger partial charge is 0.229 e. The van der Waals surface area contributed by atoms with Crippen LogP contribution in [0.5, 0.6) is 0 Å². The highest BCUT2D eigenvalue weighted by molar-refractivity contribution is 14.0. The molecule has 0 aromatic heterocycles. The summed E-state index contributed by atoms with van der Waals surface area (Å²) in [5, 5.41) is 7.46. The normalized spacial score (nSPS) is 18.9. The predicted octanol–water partition coefficient (Wildman–Crippen LogP) is 2.63. The molecule has 1 aromatic rings. The molecule has 2 aliphatic rings. The van der Waals surface area contributed by atoms with Gasteiger partial charge in [-0.2, -0.15) is 0 Å². The fourth-order valence-corrected chi connectivity index (χ4v) is 3.93. The molecule has 3 rings (SSSR count). The average Bonchev–Trinajstić information content (AvgIpc) is 2.72. The average molecular weight is 548 g/mol. The fourth-order valence-electron chi connectivity index (χ4n) is 3.81. The fraction of sp³-hybridized carbons (Fsp3) is 0.571. The van der Waals surface area contributed by atoms with E-state index in [0.29, 0.717) is 38.4 Å². The van der Waals surface area contributed by atoms with Crippen LogP contribution in [0.4, 0.5) is 0 Å². The van der Waals surface area contributed by atoms with Gasteiger partial charge >= 0.3 is 0 Å². The third-order valence-electron chi connectivity index (χ3n) is 5.48. The van der Waals surface area contributed by atoms with Gasteiger partial charge in [0.05, 0.1) is 0 Å². The first kappa shape index (κ1) is 24.9. The van der Waals surface area contributed by atoms with Crippen molar-refractivity contribution in [1.82, 2.24) is 20.4 Å². The van der Waals surface area contributed by atoms with Crippen LogP contribution in [-0.4, -0.2) is 66.8 Å². The molecule has 166 valence electrons. The number of piperidine rings is 2. The van der Waals surface area contributed by atoms with Crippen LogP contribution in [-0.2, 0) is 16.1 Å². The topological polar surface area (TPSA) is 77.0 Å². The zero-order chi connectivity index (χ0) is 20.6. The van der Waals surface area contributed by atoms with Crippen LogP contribution in [0, 0.1) is 0 Å². The molecule has 2 N–H and O–H groups in total. The molecule has 0 saturated carbocycles. The Morgan fingerprint density at radius 1 is 1.13 bits per heavy atom. The van der Waals surface area contributed by atoms with E-state index in [2.05, 4.69) is 32.7 Å². The Bertz CT molecular complexity index is 719. The molecule has 2 fully saturated rings. The summed E-state index contributed by atoms with van der Waals surface area (Å²) in [5.41, 5.74) is 1.28. The van der Waals surface area contributed by atoms with Crippen LogP contribution in [0.3, 0.4) is 0 Å². The zero-order valence-corrected chi connectivity index (χ0v) is 20.5. The Hall–Kier alpha value is -1.39. The van der Waals surface area contributed by atoms with Crippen LogP contribution in [0.1, 0.15) is 37.7 Å². The lowest BCUT2D eigenvalue weighted by Gasteiger charge is -2.33. The van der Waals surface area contributed by atoms with E-state index in [1.54, 1.807) is 7.05 Å². The second-order valence-electron chi connectivity index (χ2n) is 7.61. The number of hydrogen-bond acceptors (Lipinski definition) is 4. The lowest BCUT2D eigenvalue weighted by Crippen LogP contribution is -2.50. The van der Waals surface area contributed by atoms with Crippen LogP contribution in [0.15, 0.2) is 29.3 Å². The molecule has 2 amide bonds. The van der Waals surface area contributed by atoms with Crippen LogP contribution < -0.4 is 10.6 Å². The largest absolute Gasteiger partial charge is 0.355 e. The second-order valence-corrected chi connectivity index (χ2v) is 8.05. The number of hydrogen-bond donors (Lipinski definition) is 2. The minimum Gasteiger partial charge on any atom is -0.355 e. The molecule has 0 atom stereocenters. The Balaban J connectivity index is 0.00000320. The number of amides is 2. The highest BCUT2D eigenvalue weighted by Gasteiger charge is 2.25. The van der Waals surface area contributed by atoms with Crippen LogP contribution in [0.2, 0.25) is 5.02 Å². The first-order chi connectivity index (χ1) is 14.0. The molecule has 30 heavy (non-hydrogen) atoms. The first-order valence-corrected chi connectivity index (χ1v) is 10.7. The third kappa shape index (κ3) is 7.39. The van der Waals surface area contributed by atoms with Crippen molar-refractivity contribution in [1.29, 1.82) is 0 Å². The van der Waals surface area contributed by atoms with Crippen molar-refractivity contribution >= 4 is 53.4 Å². The van der Waals surface area contributed by atoms with Gasteiger partial charge in [0.25, 0.3) is 0 Å². The molecule has 0 radical (unpaired) electrons. The van der Waals surface area contributed by atoms with E-state index < -0.39 is 0 Å². The number of carbonyl (C=O) groups is 2. The number of nitrogens with zero attached hydrogens (tertiary/aromatic N) is 3. The molecule has 1 aromatic carbocycles. The van der Waals surface area contributed by atoms with Gasteiger partial charge in [-0.05, 0) is 37.0 Å². The summed E-state index contributed by atoms with van der Waals surface area (Å²) < 4.78 is 0. The van der Waals surface area contributed by atoms with E-state index in [-0.39, 0.29) is 35.8 Å². The van der Waals surface area contributed by atoms with Crippen molar-refractivity contribution in [3.8, 4) is 0 Å². The molecule has 7 nitrogen and oxygen atoms in total. The number of benzene rings is 1. The van der Waals surface area contributed by atoms with Crippen molar-refractivity contribution in [2.45, 2.75) is 44.7 Å². The number of nitrogens with one attached hydrogen (secondary N) is 2. The summed E-state index contributed by atoms with van der Waals surface area (Å²) in [7, 11) is 1.74. The van der Waals surface area contributed by atoms with E-state index in [9.17, 15) is 9.59 Å². The van der Waals surface area contributed by atoms with Gasteiger partial charge in [-0.15, -0.1) is 24.0 Å². The van der Waals surface area contributed by atoms with Crippen molar-refractivity contribution in [2.75, 3.05) is 33.2 Å². The molecule has 2 aliphatic heterocycles. The Kier molecular flexibility index (Phi) is 10.3. The van der Waals surface area contributed by atoms with Gasteiger partial charge < -0.3 is 10.6 Å². The number of rotatable bonds is 6. The standard InChI is InChI=1S/C21H30ClN5O2.HI/c1-23-21(24-11-14-27-19(28)3-2-4-20(27)29)25-18-9-12-26(13-10-18)15-16-5-7-17(22)8-6-16;/h5-8,18H,2-4,9-15H2,1H3,(H2,23,24,25);1H. The quantitative estimate of drug-likeness (QED) is 0.248. The third-order valence-corrected chi connectivity index (χ3v) is 5.73. The number of likely N-dealkylation sites (tertiary alicyclic amines) is 2. The van der Waals surface area contributed by atoms with Gasteiger partial charge in [0, 0.05) is 63.7 Å². The van der Waals surface area contributed by atoms with Crippen LogP contribution >= 0.6 is 35.6 Å². The SMILES string of the molecule is CN=C(NCCN1C(=O)CCCC1=O)NC1CCN(Cc2ccc(Cl)cc2)CC1.I. The van der Waals surface area contributed by atoms with E-state index in [1.165, 1.54) is 10.5 Å². The molecule has 0 bridgehead atoms. The summed E-state index contributed by atoms with van der Waals surface area (Å²) in [6, 6.07) is 8.39. The van der Waals surface area contributed by atoms with Crippen molar-refractivity contribution in [3.05, 3.63) is 34.9 Å². The van der Waals surface area contributed by atoms with E-state index in [0.717, 1.165) is 43.5 Å². The molecule has 2 saturated heterocycles. The number of guanidine groups is 1.